The van der Waals surface area contributed by atoms with Crippen molar-refractivity contribution in [3.63, 3.8) is 0 Å². The zero-order valence-corrected chi connectivity index (χ0v) is 19.0. The summed E-state index contributed by atoms with van der Waals surface area (Å²) in [5.74, 6) is -0.111. The Balaban J connectivity index is 1.51. The maximum Gasteiger partial charge on any atom is 0.280 e. The third kappa shape index (κ3) is 4.52. The quantitative estimate of drug-likeness (QED) is 0.401. The molecule has 0 N–H and O–H groups in total. The van der Waals surface area contributed by atoms with E-state index in [9.17, 15) is 4.79 Å². The number of benzene rings is 3. The fourth-order valence-electron chi connectivity index (χ4n) is 3.74. The molecule has 0 saturated carbocycles. The number of rotatable bonds is 4. The maximum absolute atomic E-state index is 13.0. The SMILES string of the molecule is CC1=NN(c2ccccc2)C(=O)/C1=C/C=C1C=C(c2ccccc2)SC(c2ccccc2)=C1. The standard InChI is InChI=1S/C29H22N2OS/c1-21-26(29(32)31(30-21)25-15-9-4-10-16-25)18-17-22-19-27(23-11-5-2-6-12-23)33-28(20-22)24-13-7-3-8-14-24/h2-20H,1H3/b26-18+. The highest BCUT2D eigenvalue weighted by atomic mass is 32.2. The molecule has 0 unspecified atom stereocenters. The summed E-state index contributed by atoms with van der Waals surface area (Å²) >= 11 is 1.76. The van der Waals surface area contributed by atoms with Gasteiger partial charge in [0.25, 0.3) is 5.91 Å². The number of carbonyl (C=O) groups excluding carboxylic acids is 1. The van der Waals surface area contributed by atoms with E-state index in [0.29, 0.717) is 11.3 Å². The number of allylic oxidation sites excluding steroid dienone is 5. The molecule has 3 nitrogen and oxygen atoms in total. The molecular weight excluding hydrogens is 424 g/mol. The van der Waals surface area contributed by atoms with Crippen LogP contribution in [0.25, 0.3) is 9.81 Å². The second-order valence-electron chi connectivity index (χ2n) is 7.74. The normalized spacial score (nSPS) is 17.1. The van der Waals surface area contributed by atoms with Crippen molar-refractivity contribution in [2.75, 3.05) is 5.01 Å². The minimum absolute atomic E-state index is 0.111. The molecule has 1 amide bonds. The zero-order valence-electron chi connectivity index (χ0n) is 18.2. The van der Waals surface area contributed by atoms with E-state index in [0.717, 1.165) is 11.3 Å². The van der Waals surface area contributed by atoms with Crippen LogP contribution in [0.15, 0.2) is 132 Å². The highest BCUT2D eigenvalue weighted by molar-refractivity contribution is 8.16. The molecule has 3 aromatic carbocycles. The molecule has 160 valence electrons. The fourth-order valence-corrected chi connectivity index (χ4v) is 4.88. The van der Waals surface area contributed by atoms with Crippen molar-refractivity contribution < 1.29 is 4.79 Å². The van der Waals surface area contributed by atoms with Crippen molar-refractivity contribution in [3.8, 4) is 0 Å². The number of thioether (sulfide) groups is 1. The van der Waals surface area contributed by atoms with Crippen LogP contribution in [-0.4, -0.2) is 11.6 Å². The third-order valence-electron chi connectivity index (χ3n) is 5.44. The van der Waals surface area contributed by atoms with E-state index >= 15 is 0 Å². The van der Waals surface area contributed by atoms with Crippen molar-refractivity contribution in [2.45, 2.75) is 6.92 Å². The Morgan fingerprint density at radius 1 is 0.727 bits per heavy atom. The van der Waals surface area contributed by atoms with Gasteiger partial charge in [-0.3, -0.25) is 4.79 Å². The summed E-state index contributed by atoms with van der Waals surface area (Å²) in [5, 5.41) is 5.94. The fraction of sp³-hybridized carbons (Fsp3) is 0.0345. The molecular formula is C29H22N2OS. The molecule has 2 heterocycles. The van der Waals surface area contributed by atoms with Gasteiger partial charge in [0.05, 0.1) is 17.0 Å². The average molecular weight is 447 g/mol. The van der Waals surface area contributed by atoms with Crippen molar-refractivity contribution in [2.24, 2.45) is 5.10 Å². The average Bonchev–Trinajstić information content (AvgIpc) is 3.17. The summed E-state index contributed by atoms with van der Waals surface area (Å²) in [4.78, 5) is 15.4. The second-order valence-corrected chi connectivity index (χ2v) is 8.82. The van der Waals surface area contributed by atoms with Gasteiger partial charge in [-0.1, -0.05) is 96.7 Å². The maximum atomic E-state index is 13.0. The van der Waals surface area contributed by atoms with Gasteiger partial charge < -0.3 is 0 Å². The number of amides is 1. The molecule has 0 atom stereocenters. The van der Waals surface area contributed by atoms with Crippen molar-refractivity contribution in [1.29, 1.82) is 0 Å². The first-order valence-corrected chi connectivity index (χ1v) is 11.6. The number of hydrogen-bond donors (Lipinski definition) is 0. The number of carbonyl (C=O) groups is 1. The summed E-state index contributed by atoms with van der Waals surface area (Å²) in [6, 6.07) is 30.3. The van der Waals surface area contributed by atoms with E-state index < -0.39 is 0 Å². The van der Waals surface area contributed by atoms with Crippen LogP contribution in [0.3, 0.4) is 0 Å². The van der Waals surface area contributed by atoms with Crippen LogP contribution in [0.1, 0.15) is 18.1 Å². The predicted octanol–water partition coefficient (Wildman–Crippen LogP) is 7.09. The number of hydrogen-bond acceptors (Lipinski definition) is 3. The van der Waals surface area contributed by atoms with Gasteiger partial charge >= 0.3 is 0 Å². The first-order chi connectivity index (χ1) is 16.2. The first-order valence-electron chi connectivity index (χ1n) is 10.8. The monoisotopic (exact) mass is 446 g/mol. The van der Waals surface area contributed by atoms with Crippen LogP contribution >= 0.6 is 11.8 Å². The molecule has 33 heavy (non-hydrogen) atoms. The van der Waals surface area contributed by atoms with E-state index in [1.54, 1.807) is 11.8 Å². The van der Waals surface area contributed by atoms with Gasteiger partial charge in [-0.2, -0.15) is 10.1 Å². The molecule has 0 bridgehead atoms. The van der Waals surface area contributed by atoms with Crippen LogP contribution in [0.4, 0.5) is 5.69 Å². The van der Waals surface area contributed by atoms with Gasteiger partial charge in [0.2, 0.25) is 0 Å². The lowest BCUT2D eigenvalue weighted by Crippen LogP contribution is -2.21. The summed E-state index contributed by atoms with van der Waals surface area (Å²) in [6.07, 6.45) is 8.23. The minimum Gasteiger partial charge on any atom is -0.267 e. The van der Waals surface area contributed by atoms with E-state index in [4.69, 9.17) is 0 Å². The van der Waals surface area contributed by atoms with Crippen molar-refractivity contribution >= 4 is 38.9 Å². The van der Waals surface area contributed by atoms with E-state index in [-0.39, 0.29) is 5.91 Å². The smallest absolute Gasteiger partial charge is 0.267 e. The summed E-state index contributed by atoms with van der Waals surface area (Å²) in [6.45, 7) is 1.87. The summed E-state index contributed by atoms with van der Waals surface area (Å²) < 4.78 is 0. The second kappa shape index (κ2) is 9.31. The highest BCUT2D eigenvalue weighted by Crippen LogP contribution is 2.43. The number of nitrogens with zero attached hydrogens (tertiary/aromatic N) is 2. The number of para-hydroxylation sites is 1. The largest absolute Gasteiger partial charge is 0.280 e. The molecule has 0 fully saturated rings. The third-order valence-corrected chi connectivity index (χ3v) is 6.58. The van der Waals surface area contributed by atoms with Gasteiger partial charge in [-0.15, -0.1) is 0 Å². The Morgan fingerprint density at radius 2 is 1.24 bits per heavy atom. The molecule has 5 rings (SSSR count). The van der Waals surface area contributed by atoms with Crippen LogP contribution in [0.5, 0.6) is 0 Å². The Morgan fingerprint density at radius 3 is 1.79 bits per heavy atom. The topological polar surface area (TPSA) is 32.7 Å². The van der Waals surface area contributed by atoms with Gasteiger partial charge in [0.1, 0.15) is 0 Å². The van der Waals surface area contributed by atoms with E-state index in [1.165, 1.54) is 25.9 Å². The lowest BCUT2D eigenvalue weighted by atomic mass is 10.1. The zero-order chi connectivity index (χ0) is 22.6. The molecule has 0 spiro atoms. The van der Waals surface area contributed by atoms with Crippen LogP contribution in [-0.2, 0) is 4.79 Å². The summed E-state index contributed by atoms with van der Waals surface area (Å²) in [5.41, 5.74) is 5.47. The summed E-state index contributed by atoms with van der Waals surface area (Å²) in [7, 11) is 0. The Kier molecular flexibility index (Phi) is 5.92. The number of anilines is 1. The van der Waals surface area contributed by atoms with Crippen LogP contribution in [0.2, 0.25) is 0 Å². The highest BCUT2D eigenvalue weighted by Gasteiger charge is 2.28. The van der Waals surface area contributed by atoms with Gasteiger partial charge in [0, 0.05) is 9.81 Å². The van der Waals surface area contributed by atoms with Crippen molar-refractivity contribution in [3.05, 3.63) is 138 Å². The Labute approximate surface area is 198 Å². The molecule has 0 aliphatic carbocycles. The molecule has 2 aliphatic rings. The predicted molar refractivity (Wildman–Crippen MR) is 140 cm³/mol. The van der Waals surface area contributed by atoms with Crippen LogP contribution < -0.4 is 5.01 Å². The molecule has 0 saturated heterocycles. The lowest BCUT2D eigenvalue weighted by Gasteiger charge is -2.17. The molecule has 0 radical (unpaired) electrons. The molecule has 2 aliphatic heterocycles. The van der Waals surface area contributed by atoms with Crippen LogP contribution in [0, 0.1) is 0 Å². The van der Waals surface area contributed by atoms with E-state index in [2.05, 4.69) is 65.8 Å². The van der Waals surface area contributed by atoms with Crippen molar-refractivity contribution in [1.82, 2.24) is 0 Å². The molecule has 0 aromatic heterocycles. The number of hydrazone groups is 1. The Hall–Kier alpha value is -3.89. The lowest BCUT2D eigenvalue weighted by molar-refractivity contribution is -0.114. The van der Waals surface area contributed by atoms with E-state index in [1.807, 2.05) is 61.5 Å². The van der Waals surface area contributed by atoms with Gasteiger partial charge in [0.15, 0.2) is 0 Å². The first kappa shape index (κ1) is 21.0. The molecule has 3 aromatic rings. The molecule has 4 heteroatoms. The van der Waals surface area contributed by atoms with Gasteiger partial charge in [-0.05, 0) is 54.0 Å². The van der Waals surface area contributed by atoms with Gasteiger partial charge in [-0.25, -0.2) is 0 Å². The Bertz CT molecular complexity index is 1280. The minimum atomic E-state index is -0.111.